The number of fused-ring (bicyclic) bond motifs is 1. The molecule has 1 nitrogen and oxygen atoms in total. The Hall–Kier alpha value is -0.0400. The Bertz CT molecular complexity index is 166. The summed E-state index contributed by atoms with van der Waals surface area (Å²) in [4.78, 5) is 2.71. The molecule has 1 heteroatoms. The van der Waals surface area contributed by atoms with Crippen LogP contribution in [0.15, 0.2) is 0 Å². The van der Waals surface area contributed by atoms with Crippen LogP contribution in [0.4, 0.5) is 0 Å². The van der Waals surface area contributed by atoms with Crippen molar-refractivity contribution in [1.82, 2.24) is 4.90 Å². The number of nitrogens with zero attached hydrogens (tertiary/aromatic N) is 1. The predicted molar refractivity (Wildman–Crippen MR) is 47.6 cm³/mol. The first-order valence-electron chi connectivity index (χ1n) is 4.78. The quantitative estimate of drug-likeness (QED) is 0.516. The van der Waals surface area contributed by atoms with E-state index in [-0.39, 0.29) is 0 Å². The molecule has 0 radical (unpaired) electrons. The second kappa shape index (κ2) is 2.01. The molecule has 0 bridgehead atoms. The molecular weight excluding hydrogens is 134 g/mol. The Kier molecular flexibility index (Phi) is 1.39. The molecule has 0 aromatic heterocycles. The smallest absolute Gasteiger partial charge is 0.0136 e. The number of likely N-dealkylation sites (tertiary alicyclic amines) is 1. The lowest BCUT2D eigenvalue weighted by molar-refractivity contribution is 0.105. The lowest BCUT2D eigenvalue weighted by atomic mass is 10.0. The minimum atomic E-state index is 0.398. The molecule has 0 N–H and O–H groups in total. The molecule has 1 heterocycles. The highest BCUT2D eigenvalue weighted by atomic mass is 15.3. The molecule has 1 saturated carbocycles. The SMILES string of the molecule is C[C@@H]1CC2CC2N1C(C)(C)C. The molecule has 0 spiro atoms. The third kappa shape index (κ3) is 1.10. The topological polar surface area (TPSA) is 3.24 Å². The molecule has 0 amide bonds. The summed E-state index contributed by atoms with van der Waals surface area (Å²) in [5.41, 5.74) is 0.398. The molecular formula is C10H19N. The van der Waals surface area contributed by atoms with Gasteiger partial charge in [0.05, 0.1) is 0 Å². The van der Waals surface area contributed by atoms with Crippen LogP contribution in [0.1, 0.15) is 40.5 Å². The summed E-state index contributed by atoms with van der Waals surface area (Å²) in [6.45, 7) is 9.38. The van der Waals surface area contributed by atoms with Crippen molar-refractivity contribution in [2.45, 2.75) is 58.2 Å². The Morgan fingerprint density at radius 3 is 2.09 bits per heavy atom. The van der Waals surface area contributed by atoms with Gasteiger partial charge in [-0.3, -0.25) is 4.90 Å². The number of hydrogen-bond donors (Lipinski definition) is 0. The van der Waals surface area contributed by atoms with E-state index in [2.05, 4.69) is 32.6 Å². The van der Waals surface area contributed by atoms with E-state index in [4.69, 9.17) is 0 Å². The molecule has 3 atom stereocenters. The van der Waals surface area contributed by atoms with Gasteiger partial charge in [0.1, 0.15) is 0 Å². The minimum Gasteiger partial charge on any atom is -0.293 e. The highest BCUT2D eigenvalue weighted by Crippen LogP contribution is 2.50. The predicted octanol–water partition coefficient (Wildman–Crippen LogP) is 2.27. The van der Waals surface area contributed by atoms with Gasteiger partial charge in [0.2, 0.25) is 0 Å². The van der Waals surface area contributed by atoms with E-state index < -0.39 is 0 Å². The van der Waals surface area contributed by atoms with E-state index in [1.165, 1.54) is 12.8 Å². The van der Waals surface area contributed by atoms with Gasteiger partial charge in [-0.2, -0.15) is 0 Å². The summed E-state index contributed by atoms with van der Waals surface area (Å²) in [6, 6.07) is 1.78. The fourth-order valence-electron chi connectivity index (χ4n) is 2.86. The molecule has 1 aliphatic carbocycles. The summed E-state index contributed by atoms with van der Waals surface area (Å²) in [6.07, 6.45) is 2.92. The van der Waals surface area contributed by atoms with Crippen LogP contribution in [0.5, 0.6) is 0 Å². The maximum Gasteiger partial charge on any atom is 0.0136 e. The van der Waals surface area contributed by atoms with Crippen molar-refractivity contribution < 1.29 is 0 Å². The van der Waals surface area contributed by atoms with E-state index in [1.54, 1.807) is 0 Å². The highest BCUT2D eigenvalue weighted by Gasteiger charge is 2.53. The third-order valence-corrected chi connectivity index (χ3v) is 3.14. The molecule has 2 aliphatic rings. The van der Waals surface area contributed by atoms with Gasteiger partial charge in [-0.05, 0) is 46.5 Å². The fraction of sp³-hybridized carbons (Fsp3) is 1.00. The summed E-state index contributed by atoms with van der Waals surface area (Å²) in [7, 11) is 0. The van der Waals surface area contributed by atoms with Gasteiger partial charge in [-0.1, -0.05) is 0 Å². The van der Waals surface area contributed by atoms with Crippen molar-refractivity contribution in [3.05, 3.63) is 0 Å². The standard InChI is InChI=1S/C10H19N/c1-7-5-8-6-9(8)11(7)10(2,3)4/h7-9H,5-6H2,1-4H3/t7-,8?,9?/m1/s1. The summed E-state index contributed by atoms with van der Waals surface area (Å²) >= 11 is 0. The third-order valence-electron chi connectivity index (χ3n) is 3.14. The molecule has 2 unspecified atom stereocenters. The number of rotatable bonds is 0. The van der Waals surface area contributed by atoms with Crippen LogP contribution in [0.3, 0.4) is 0 Å². The first-order valence-corrected chi connectivity index (χ1v) is 4.78. The number of piperidine rings is 1. The molecule has 11 heavy (non-hydrogen) atoms. The normalized spacial score (nSPS) is 44.2. The van der Waals surface area contributed by atoms with E-state index in [1.807, 2.05) is 0 Å². The van der Waals surface area contributed by atoms with Crippen molar-refractivity contribution in [2.24, 2.45) is 5.92 Å². The van der Waals surface area contributed by atoms with Crippen LogP contribution in [-0.4, -0.2) is 22.5 Å². The van der Waals surface area contributed by atoms with E-state index in [0.717, 1.165) is 18.0 Å². The Morgan fingerprint density at radius 1 is 1.18 bits per heavy atom. The second-order valence-corrected chi connectivity index (χ2v) is 5.23. The Morgan fingerprint density at radius 2 is 1.82 bits per heavy atom. The second-order valence-electron chi connectivity index (χ2n) is 5.23. The van der Waals surface area contributed by atoms with Gasteiger partial charge in [-0.25, -0.2) is 0 Å². The van der Waals surface area contributed by atoms with E-state index in [9.17, 15) is 0 Å². The van der Waals surface area contributed by atoms with Crippen molar-refractivity contribution in [3.8, 4) is 0 Å². The van der Waals surface area contributed by atoms with Gasteiger partial charge in [0, 0.05) is 17.6 Å². The summed E-state index contributed by atoms with van der Waals surface area (Å²) in [5, 5.41) is 0. The zero-order valence-corrected chi connectivity index (χ0v) is 8.09. The average Bonchev–Trinajstić information content (AvgIpc) is 2.38. The van der Waals surface area contributed by atoms with Gasteiger partial charge in [0.15, 0.2) is 0 Å². The maximum atomic E-state index is 2.71. The Labute approximate surface area is 69.8 Å². The average molecular weight is 153 g/mol. The maximum absolute atomic E-state index is 2.71. The molecule has 2 rings (SSSR count). The lowest BCUT2D eigenvalue weighted by Crippen LogP contribution is -2.45. The molecule has 64 valence electrons. The Balaban J connectivity index is 2.12. The van der Waals surface area contributed by atoms with Crippen LogP contribution >= 0.6 is 0 Å². The van der Waals surface area contributed by atoms with Crippen LogP contribution in [0.2, 0.25) is 0 Å². The highest BCUT2D eigenvalue weighted by molar-refractivity contribution is 5.07. The largest absolute Gasteiger partial charge is 0.293 e. The zero-order valence-electron chi connectivity index (χ0n) is 8.09. The minimum absolute atomic E-state index is 0.398. The molecule has 1 saturated heterocycles. The van der Waals surface area contributed by atoms with Gasteiger partial charge in [-0.15, -0.1) is 0 Å². The first kappa shape index (κ1) is 7.60. The molecule has 0 aromatic rings. The van der Waals surface area contributed by atoms with E-state index >= 15 is 0 Å². The summed E-state index contributed by atoms with van der Waals surface area (Å²) < 4.78 is 0. The van der Waals surface area contributed by atoms with Gasteiger partial charge in [0.25, 0.3) is 0 Å². The van der Waals surface area contributed by atoms with Crippen LogP contribution in [0.25, 0.3) is 0 Å². The van der Waals surface area contributed by atoms with Crippen LogP contribution in [0, 0.1) is 5.92 Å². The van der Waals surface area contributed by atoms with Crippen molar-refractivity contribution in [2.75, 3.05) is 0 Å². The van der Waals surface area contributed by atoms with Crippen molar-refractivity contribution >= 4 is 0 Å². The van der Waals surface area contributed by atoms with Crippen molar-refractivity contribution in [1.29, 1.82) is 0 Å². The van der Waals surface area contributed by atoms with Crippen LogP contribution < -0.4 is 0 Å². The molecule has 1 aliphatic heterocycles. The number of hydrogen-bond acceptors (Lipinski definition) is 1. The zero-order chi connectivity index (χ0) is 8.22. The molecule has 2 fully saturated rings. The first-order chi connectivity index (χ1) is 5.00. The fourth-order valence-corrected chi connectivity index (χ4v) is 2.86. The summed E-state index contributed by atoms with van der Waals surface area (Å²) in [5.74, 6) is 1.06. The molecule has 0 aromatic carbocycles. The van der Waals surface area contributed by atoms with Crippen molar-refractivity contribution in [3.63, 3.8) is 0 Å². The lowest BCUT2D eigenvalue weighted by Gasteiger charge is -2.37. The monoisotopic (exact) mass is 153 g/mol. The van der Waals surface area contributed by atoms with E-state index in [0.29, 0.717) is 5.54 Å². The van der Waals surface area contributed by atoms with Crippen LogP contribution in [-0.2, 0) is 0 Å². The van der Waals surface area contributed by atoms with Gasteiger partial charge < -0.3 is 0 Å². The van der Waals surface area contributed by atoms with Gasteiger partial charge >= 0.3 is 0 Å².